The van der Waals surface area contributed by atoms with Gasteiger partial charge in [-0.1, -0.05) is 0 Å². The molecule has 2 amide bonds. The summed E-state index contributed by atoms with van der Waals surface area (Å²) in [4.78, 5) is 34.5. The van der Waals surface area contributed by atoms with Crippen molar-refractivity contribution < 1.29 is 49.0 Å². The predicted octanol–water partition coefficient (Wildman–Crippen LogP) is -2.11. The molecule has 2 N–H and O–H groups in total. The van der Waals surface area contributed by atoms with E-state index in [4.69, 9.17) is 0 Å². The van der Waals surface area contributed by atoms with Crippen molar-refractivity contribution in [3.63, 3.8) is 0 Å². The van der Waals surface area contributed by atoms with Gasteiger partial charge >= 0.3 is 29.6 Å². The molecule has 1 aromatic rings. The van der Waals surface area contributed by atoms with Crippen LogP contribution in [0, 0.1) is 14.1 Å². The average Bonchev–Trinajstić information content (AvgIpc) is 2.33. The number of anilines is 1. The SMILES string of the molecule is CNC(=O)c1c(C)c(C(=O)[O-])c(I)c(NC(C)=O)c1I.[Na+]. The van der Waals surface area contributed by atoms with Gasteiger partial charge in [-0.15, -0.1) is 0 Å². The zero-order valence-corrected chi connectivity index (χ0v) is 18.2. The molecule has 0 aliphatic rings. The molecule has 0 saturated carbocycles. The smallest absolute Gasteiger partial charge is 0.545 e. The zero-order chi connectivity index (χ0) is 15.6. The van der Waals surface area contributed by atoms with Crippen LogP contribution in [-0.2, 0) is 4.79 Å². The summed E-state index contributed by atoms with van der Waals surface area (Å²) in [6, 6.07) is 0. The topological polar surface area (TPSA) is 98.3 Å². The molecule has 1 aromatic carbocycles. The molecule has 6 nitrogen and oxygen atoms in total. The van der Waals surface area contributed by atoms with Crippen LogP contribution in [0.5, 0.6) is 0 Å². The van der Waals surface area contributed by atoms with Crippen LogP contribution in [0.25, 0.3) is 0 Å². The van der Waals surface area contributed by atoms with Crippen LogP contribution in [0.15, 0.2) is 0 Å². The van der Waals surface area contributed by atoms with Gasteiger partial charge in [0.25, 0.3) is 5.91 Å². The number of rotatable bonds is 3. The Kier molecular flexibility index (Phi) is 8.69. The first kappa shape index (κ1) is 21.1. The second-order valence-corrected chi connectivity index (χ2v) is 6.08. The van der Waals surface area contributed by atoms with E-state index in [0.29, 0.717) is 18.4 Å². The monoisotopic (exact) mass is 524 g/mol. The van der Waals surface area contributed by atoms with Crippen LogP contribution in [0.2, 0.25) is 0 Å². The minimum absolute atomic E-state index is 0. The summed E-state index contributed by atoms with van der Waals surface area (Å²) in [7, 11) is 1.45. The van der Waals surface area contributed by atoms with Gasteiger partial charge in [0.1, 0.15) is 0 Å². The number of hydrogen-bond donors (Lipinski definition) is 2. The van der Waals surface area contributed by atoms with Crippen molar-refractivity contribution in [2.45, 2.75) is 13.8 Å². The molecule has 21 heavy (non-hydrogen) atoms. The number of aromatic carboxylic acids is 1. The van der Waals surface area contributed by atoms with Gasteiger partial charge in [-0.3, -0.25) is 9.59 Å². The number of nitrogens with one attached hydrogen (secondary N) is 2. The summed E-state index contributed by atoms with van der Waals surface area (Å²) in [5, 5.41) is 16.3. The molecule has 0 atom stereocenters. The fourth-order valence-corrected chi connectivity index (χ4v) is 4.32. The molecular weight excluding hydrogens is 513 g/mol. The van der Waals surface area contributed by atoms with Gasteiger partial charge in [-0.05, 0) is 57.7 Å². The van der Waals surface area contributed by atoms with E-state index in [1.807, 2.05) is 45.2 Å². The van der Waals surface area contributed by atoms with E-state index in [-0.39, 0.29) is 46.6 Å². The normalized spacial score (nSPS) is 9.57. The first-order valence-electron chi connectivity index (χ1n) is 5.44. The van der Waals surface area contributed by atoms with E-state index in [0.717, 1.165) is 0 Å². The van der Waals surface area contributed by atoms with Crippen molar-refractivity contribution in [2.24, 2.45) is 0 Å². The van der Waals surface area contributed by atoms with E-state index in [2.05, 4.69) is 10.6 Å². The largest absolute Gasteiger partial charge is 1.00 e. The molecule has 108 valence electrons. The average molecular weight is 524 g/mol. The minimum Gasteiger partial charge on any atom is -0.545 e. The van der Waals surface area contributed by atoms with Crippen molar-refractivity contribution in [2.75, 3.05) is 12.4 Å². The summed E-state index contributed by atoms with van der Waals surface area (Å²) < 4.78 is 0.830. The second-order valence-electron chi connectivity index (χ2n) is 3.93. The maximum atomic E-state index is 11.9. The van der Waals surface area contributed by atoms with Crippen LogP contribution >= 0.6 is 45.2 Å². The summed E-state index contributed by atoms with van der Waals surface area (Å²) in [6.45, 7) is 2.85. The molecule has 0 saturated heterocycles. The number of halogens is 2. The number of carboxylic acid groups (broad SMARTS) is 1. The van der Waals surface area contributed by atoms with E-state index >= 15 is 0 Å². The molecule has 0 unspecified atom stereocenters. The second kappa shape index (κ2) is 8.65. The van der Waals surface area contributed by atoms with E-state index in [1.165, 1.54) is 20.9 Å². The first-order valence-corrected chi connectivity index (χ1v) is 7.60. The summed E-state index contributed by atoms with van der Waals surface area (Å²) >= 11 is 3.73. The van der Waals surface area contributed by atoms with Crippen LogP contribution in [0.4, 0.5) is 5.69 Å². The molecule has 0 aromatic heterocycles. The maximum absolute atomic E-state index is 11.9. The van der Waals surface area contributed by atoms with Crippen LogP contribution in [0.3, 0.4) is 0 Å². The Morgan fingerprint density at radius 1 is 1.10 bits per heavy atom. The number of carboxylic acids is 1. The molecule has 0 bridgehead atoms. The fraction of sp³-hybridized carbons (Fsp3) is 0.250. The molecule has 0 spiro atoms. The van der Waals surface area contributed by atoms with Gasteiger partial charge in [0, 0.05) is 23.1 Å². The number of benzene rings is 1. The summed E-state index contributed by atoms with van der Waals surface area (Å²) in [5.41, 5.74) is 0.749. The van der Waals surface area contributed by atoms with Gasteiger partial charge in [-0.25, -0.2) is 0 Å². The first-order chi connectivity index (χ1) is 9.22. The minimum atomic E-state index is -1.39. The van der Waals surface area contributed by atoms with Crippen molar-refractivity contribution >= 4 is 68.7 Å². The number of hydrogen-bond acceptors (Lipinski definition) is 4. The predicted molar refractivity (Wildman–Crippen MR) is 88.6 cm³/mol. The third-order valence-corrected chi connectivity index (χ3v) is 4.74. The van der Waals surface area contributed by atoms with Crippen LogP contribution < -0.4 is 45.3 Å². The van der Waals surface area contributed by atoms with Gasteiger partial charge in [0.05, 0.1) is 20.8 Å². The molecule has 0 fully saturated rings. The standard InChI is InChI=1S/C12H12I2N2O4.Na/c1-4-6(11(18)15-3)8(13)10(16-5(2)17)9(14)7(4)12(19)20;/h1-3H3,(H,15,18)(H,16,17)(H,19,20);/q;+1/p-1. The van der Waals surface area contributed by atoms with Crippen molar-refractivity contribution in [3.05, 3.63) is 23.8 Å². The van der Waals surface area contributed by atoms with Crippen molar-refractivity contribution in [1.29, 1.82) is 0 Å². The Balaban J connectivity index is 0.00000400. The zero-order valence-electron chi connectivity index (χ0n) is 11.9. The van der Waals surface area contributed by atoms with E-state index < -0.39 is 11.9 Å². The van der Waals surface area contributed by atoms with Crippen molar-refractivity contribution in [1.82, 2.24) is 5.32 Å². The van der Waals surface area contributed by atoms with E-state index in [9.17, 15) is 19.5 Å². The van der Waals surface area contributed by atoms with Crippen LogP contribution in [0.1, 0.15) is 33.2 Å². The van der Waals surface area contributed by atoms with Gasteiger partial charge < -0.3 is 20.5 Å². The molecule has 9 heteroatoms. The van der Waals surface area contributed by atoms with Crippen LogP contribution in [-0.4, -0.2) is 24.8 Å². The molecule has 0 aliphatic heterocycles. The third kappa shape index (κ3) is 4.53. The summed E-state index contributed by atoms with van der Waals surface area (Å²) in [5.74, 6) is -2.16. The Bertz CT molecular complexity index is 620. The number of carbonyl (C=O) groups excluding carboxylic acids is 3. The Morgan fingerprint density at radius 3 is 1.95 bits per heavy atom. The number of carbonyl (C=O) groups is 3. The van der Waals surface area contributed by atoms with E-state index in [1.54, 1.807) is 0 Å². The third-order valence-electron chi connectivity index (χ3n) is 2.59. The number of amides is 2. The van der Waals surface area contributed by atoms with Gasteiger partial charge in [0.2, 0.25) is 5.91 Å². The molecule has 0 heterocycles. The molecule has 0 aliphatic carbocycles. The Labute approximate surface area is 171 Å². The quantitative estimate of drug-likeness (QED) is 0.350. The molecule has 1 rings (SSSR count). The maximum Gasteiger partial charge on any atom is 1.00 e. The fourth-order valence-electron chi connectivity index (χ4n) is 1.72. The Morgan fingerprint density at radius 2 is 1.57 bits per heavy atom. The van der Waals surface area contributed by atoms with Gasteiger partial charge in [-0.2, -0.15) is 0 Å². The molecule has 0 radical (unpaired) electrons. The molecular formula is C12H11I2N2NaO4. The van der Waals surface area contributed by atoms with Crippen molar-refractivity contribution in [3.8, 4) is 0 Å². The Hall–Kier alpha value is 0.0900. The van der Waals surface area contributed by atoms with Gasteiger partial charge in [0.15, 0.2) is 0 Å². The summed E-state index contributed by atoms with van der Waals surface area (Å²) in [6.07, 6.45) is 0.